The number of halogens is 2. The van der Waals surface area contributed by atoms with Crippen LogP contribution in [0.5, 0.6) is 0 Å². The van der Waals surface area contributed by atoms with Crippen LogP contribution in [-0.4, -0.2) is 0 Å². The first kappa shape index (κ1) is 16.7. The number of nitrogens with one attached hydrogen (secondary N) is 2. The first-order valence-corrected chi connectivity index (χ1v) is 8.84. The molecule has 0 aliphatic carbocycles. The summed E-state index contributed by atoms with van der Waals surface area (Å²) in [7, 11) is 0. The molecule has 0 saturated carbocycles. The number of hydrogen-bond donors (Lipinski definition) is 2. The van der Waals surface area contributed by atoms with Crippen LogP contribution in [0, 0.1) is 0 Å². The standard InChI is InChI=1S/C18H14Br2N4/c19-16-11-14(13-7-3-1-4-8-13)12-17(20)18(16)22-24-23-21-15-9-5-2-6-10-15/h1-12H,(H,21,24)(H,22,23). The second-order valence-electron chi connectivity index (χ2n) is 4.95. The lowest BCUT2D eigenvalue weighted by Gasteiger charge is -2.12. The Labute approximate surface area is 157 Å². The smallest absolute Gasteiger partial charge is 0.0874 e. The van der Waals surface area contributed by atoms with Gasteiger partial charge in [-0.3, -0.25) is 5.43 Å². The maximum Gasteiger partial charge on any atom is 0.0874 e. The maximum atomic E-state index is 4.07. The Balaban J connectivity index is 1.71. The van der Waals surface area contributed by atoms with Gasteiger partial charge in [-0.15, -0.1) is 5.11 Å². The predicted molar refractivity (Wildman–Crippen MR) is 105 cm³/mol. The third-order valence-corrected chi connectivity index (χ3v) is 4.55. The summed E-state index contributed by atoms with van der Waals surface area (Å²) in [5.74, 6) is 0. The van der Waals surface area contributed by atoms with E-state index in [0.29, 0.717) is 0 Å². The van der Waals surface area contributed by atoms with Crippen molar-refractivity contribution < 1.29 is 0 Å². The molecule has 0 aliphatic rings. The summed E-state index contributed by atoms with van der Waals surface area (Å²) in [5, 5.41) is 7.99. The Morgan fingerprint density at radius 3 is 1.92 bits per heavy atom. The lowest BCUT2D eigenvalue weighted by molar-refractivity contribution is 0.804. The molecule has 4 nitrogen and oxygen atoms in total. The molecule has 0 bridgehead atoms. The van der Waals surface area contributed by atoms with Crippen molar-refractivity contribution in [1.29, 1.82) is 0 Å². The quantitative estimate of drug-likeness (QED) is 0.348. The average Bonchev–Trinajstić information content (AvgIpc) is 2.62. The minimum Gasteiger partial charge on any atom is -0.282 e. The second-order valence-corrected chi connectivity index (χ2v) is 6.66. The van der Waals surface area contributed by atoms with Gasteiger partial charge >= 0.3 is 0 Å². The zero-order chi connectivity index (χ0) is 16.8. The van der Waals surface area contributed by atoms with E-state index in [1.165, 1.54) is 0 Å². The molecule has 120 valence electrons. The highest BCUT2D eigenvalue weighted by Crippen LogP contribution is 2.35. The molecule has 0 heterocycles. The molecule has 24 heavy (non-hydrogen) atoms. The molecular weight excluding hydrogens is 432 g/mol. The molecule has 0 unspecified atom stereocenters. The van der Waals surface area contributed by atoms with Gasteiger partial charge in [0.1, 0.15) is 0 Å². The monoisotopic (exact) mass is 444 g/mol. The predicted octanol–water partition coefficient (Wildman–Crippen LogP) is 6.49. The minimum absolute atomic E-state index is 0.782. The molecule has 0 aliphatic heterocycles. The van der Waals surface area contributed by atoms with Gasteiger partial charge in [-0.1, -0.05) is 53.8 Å². The highest BCUT2D eigenvalue weighted by molar-refractivity contribution is 9.11. The number of anilines is 1. The van der Waals surface area contributed by atoms with Gasteiger partial charge in [0.2, 0.25) is 0 Å². The third-order valence-electron chi connectivity index (χ3n) is 3.30. The topological polar surface area (TPSA) is 48.8 Å². The second kappa shape index (κ2) is 8.08. The molecular formula is C18H14Br2N4. The van der Waals surface area contributed by atoms with Crippen molar-refractivity contribution in [1.82, 2.24) is 5.53 Å². The van der Waals surface area contributed by atoms with Crippen LogP contribution in [0.15, 0.2) is 92.1 Å². The average molecular weight is 446 g/mol. The number of benzene rings is 3. The number of nitrogens with zero attached hydrogens (tertiary/aromatic N) is 2. The van der Waals surface area contributed by atoms with Crippen LogP contribution in [-0.2, 0) is 0 Å². The highest BCUT2D eigenvalue weighted by Gasteiger charge is 2.08. The largest absolute Gasteiger partial charge is 0.282 e. The molecule has 0 radical (unpaired) electrons. The van der Waals surface area contributed by atoms with Crippen LogP contribution in [0.4, 0.5) is 11.4 Å². The summed E-state index contributed by atoms with van der Waals surface area (Å²) >= 11 is 7.18. The van der Waals surface area contributed by atoms with Gasteiger partial charge in [0.25, 0.3) is 0 Å². The first-order valence-electron chi connectivity index (χ1n) is 7.25. The molecule has 2 N–H and O–H groups in total. The fraction of sp³-hybridized carbons (Fsp3) is 0. The molecule has 0 spiro atoms. The Hall–Kier alpha value is -2.18. The fourth-order valence-corrected chi connectivity index (χ4v) is 3.53. The summed E-state index contributed by atoms with van der Waals surface area (Å²) in [6.07, 6.45) is 0. The van der Waals surface area contributed by atoms with E-state index in [1.54, 1.807) is 0 Å². The molecule has 3 aromatic carbocycles. The minimum atomic E-state index is 0.782. The number of hydrogen-bond acceptors (Lipinski definition) is 3. The van der Waals surface area contributed by atoms with Crippen molar-refractivity contribution in [3.8, 4) is 11.1 Å². The van der Waals surface area contributed by atoms with E-state index in [0.717, 1.165) is 31.4 Å². The Kier molecular flexibility index (Phi) is 5.61. The maximum absolute atomic E-state index is 4.07. The van der Waals surface area contributed by atoms with Crippen molar-refractivity contribution in [3.63, 3.8) is 0 Å². The highest BCUT2D eigenvalue weighted by atomic mass is 79.9. The fourth-order valence-electron chi connectivity index (χ4n) is 2.15. The van der Waals surface area contributed by atoms with Crippen molar-refractivity contribution in [2.45, 2.75) is 0 Å². The van der Waals surface area contributed by atoms with Gasteiger partial charge in [0.05, 0.1) is 11.4 Å². The molecule has 0 aromatic heterocycles. The molecule has 0 saturated heterocycles. The number of rotatable bonds is 5. The van der Waals surface area contributed by atoms with Gasteiger partial charge < -0.3 is 0 Å². The summed E-state index contributed by atoms with van der Waals surface area (Å²) in [4.78, 5) is 0. The van der Waals surface area contributed by atoms with Crippen molar-refractivity contribution in [3.05, 3.63) is 81.7 Å². The summed E-state index contributed by atoms with van der Waals surface area (Å²) in [5.41, 5.74) is 9.67. The lowest BCUT2D eigenvalue weighted by atomic mass is 10.1. The van der Waals surface area contributed by atoms with Crippen LogP contribution < -0.4 is 11.0 Å². The normalized spacial score (nSPS) is 10.8. The molecule has 6 heteroatoms. The third kappa shape index (κ3) is 4.21. The van der Waals surface area contributed by atoms with E-state index in [9.17, 15) is 0 Å². The van der Waals surface area contributed by atoms with E-state index in [-0.39, 0.29) is 0 Å². The Bertz CT molecular complexity index is 813. The van der Waals surface area contributed by atoms with Crippen LogP contribution in [0.2, 0.25) is 0 Å². The zero-order valence-electron chi connectivity index (χ0n) is 12.6. The van der Waals surface area contributed by atoms with Crippen LogP contribution in [0.3, 0.4) is 0 Å². The molecule has 3 rings (SSSR count). The van der Waals surface area contributed by atoms with Crippen LogP contribution in [0.1, 0.15) is 0 Å². The van der Waals surface area contributed by atoms with Crippen LogP contribution in [0.25, 0.3) is 11.1 Å². The summed E-state index contributed by atoms with van der Waals surface area (Å²) < 4.78 is 1.83. The number of hydrazine groups is 1. The van der Waals surface area contributed by atoms with Gasteiger partial charge in [-0.25, -0.2) is 5.53 Å². The Morgan fingerprint density at radius 2 is 1.29 bits per heavy atom. The summed E-state index contributed by atoms with van der Waals surface area (Å²) in [6.45, 7) is 0. The van der Waals surface area contributed by atoms with E-state index in [2.05, 4.69) is 77.4 Å². The molecule has 0 fully saturated rings. The van der Waals surface area contributed by atoms with E-state index in [1.807, 2.05) is 48.5 Å². The Morgan fingerprint density at radius 1 is 0.708 bits per heavy atom. The molecule has 0 amide bonds. The van der Waals surface area contributed by atoms with Crippen molar-refractivity contribution >= 4 is 43.2 Å². The van der Waals surface area contributed by atoms with Gasteiger partial charge in [-0.2, -0.15) is 0 Å². The lowest BCUT2D eigenvalue weighted by Crippen LogP contribution is -2.14. The van der Waals surface area contributed by atoms with Gasteiger partial charge in [0.15, 0.2) is 0 Å². The van der Waals surface area contributed by atoms with Gasteiger partial charge in [0, 0.05) is 8.95 Å². The van der Waals surface area contributed by atoms with Gasteiger partial charge in [-0.05, 0) is 67.3 Å². The SMILES string of the molecule is Brc1cc(-c2ccccc2)cc(Br)c1NNN=Nc1ccccc1. The summed E-state index contributed by atoms with van der Waals surface area (Å²) in [6, 6.07) is 23.8. The van der Waals surface area contributed by atoms with Crippen LogP contribution >= 0.6 is 31.9 Å². The zero-order valence-corrected chi connectivity index (χ0v) is 15.8. The van der Waals surface area contributed by atoms with E-state index in [4.69, 9.17) is 0 Å². The molecule has 3 aromatic rings. The van der Waals surface area contributed by atoms with Crippen molar-refractivity contribution in [2.75, 3.05) is 5.43 Å². The molecule has 0 atom stereocenters. The van der Waals surface area contributed by atoms with E-state index < -0.39 is 0 Å². The first-order chi connectivity index (χ1) is 11.7. The van der Waals surface area contributed by atoms with Crippen molar-refractivity contribution in [2.24, 2.45) is 10.3 Å². The van der Waals surface area contributed by atoms with E-state index >= 15 is 0 Å².